The van der Waals surface area contributed by atoms with Gasteiger partial charge >= 0.3 is 0 Å². The Kier molecular flexibility index (Phi) is 2.72. The fourth-order valence-corrected chi connectivity index (χ4v) is 3.32. The summed E-state index contributed by atoms with van der Waals surface area (Å²) < 4.78 is 0. The molecule has 1 aromatic rings. The lowest BCUT2D eigenvalue weighted by Crippen LogP contribution is -2.33. The molecule has 3 rings (SSSR count). The fourth-order valence-electron chi connectivity index (χ4n) is 2.41. The quantitative estimate of drug-likeness (QED) is 0.596. The first-order valence-electron chi connectivity index (χ1n) is 5.89. The smallest absolute Gasteiger partial charge is 0.115 e. The minimum absolute atomic E-state index is 0.334. The van der Waals surface area contributed by atoms with Crippen LogP contribution in [0, 0.1) is 11.8 Å². The van der Waals surface area contributed by atoms with Gasteiger partial charge in [-0.1, -0.05) is 40.5 Å². The molecule has 0 N–H and O–H groups in total. The summed E-state index contributed by atoms with van der Waals surface area (Å²) in [5.41, 5.74) is 1.17. The highest BCUT2D eigenvalue weighted by molar-refractivity contribution is 9.09. The van der Waals surface area contributed by atoms with Crippen LogP contribution in [0.15, 0.2) is 35.4 Å². The van der Waals surface area contributed by atoms with Crippen molar-refractivity contribution in [3.63, 3.8) is 0 Å². The van der Waals surface area contributed by atoms with Gasteiger partial charge in [0.2, 0.25) is 0 Å². The second kappa shape index (κ2) is 4.21. The van der Waals surface area contributed by atoms with Gasteiger partial charge in [0.25, 0.3) is 0 Å². The minimum atomic E-state index is 0.334. The summed E-state index contributed by atoms with van der Waals surface area (Å²) in [4.78, 5) is 0.334. The molecule has 0 radical (unpaired) electrons. The van der Waals surface area contributed by atoms with Gasteiger partial charge in [-0.05, 0) is 30.9 Å². The molecule has 1 heterocycles. The molecule has 1 aliphatic carbocycles. The van der Waals surface area contributed by atoms with Crippen molar-refractivity contribution in [1.82, 2.24) is 0 Å². The van der Waals surface area contributed by atoms with Crippen molar-refractivity contribution in [2.24, 2.45) is 16.9 Å². The van der Waals surface area contributed by atoms with E-state index in [1.165, 1.54) is 24.9 Å². The molecule has 16 heavy (non-hydrogen) atoms. The predicted octanol–water partition coefficient (Wildman–Crippen LogP) is 3.63. The van der Waals surface area contributed by atoms with Crippen LogP contribution in [0.4, 0.5) is 5.69 Å². The molecule has 0 amide bonds. The average molecular weight is 279 g/mol. The number of rotatable bonds is 2. The molecule has 84 valence electrons. The summed E-state index contributed by atoms with van der Waals surface area (Å²) in [6.45, 7) is 0. The number of benzene rings is 1. The van der Waals surface area contributed by atoms with E-state index in [0.717, 1.165) is 5.92 Å². The standard InChI is InChI=1S/C13H15BrN2/c14-13-12(10-5-4-6-10)9-15-16(13)11-7-2-1-3-8-11/h1-3,7-10,12-13H,4-6H2. The number of halogens is 1. The van der Waals surface area contributed by atoms with E-state index in [-0.39, 0.29) is 0 Å². The summed E-state index contributed by atoms with van der Waals surface area (Å²) in [7, 11) is 0. The van der Waals surface area contributed by atoms with Gasteiger partial charge in [0.05, 0.1) is 5.69 Å². The van der Waals surface area contributed by atoms with E-state index in [9.17, 15) is 0 Å². The van der Waals surface area contributed by atoms with Gasteiger partial charge in [-0.3, -0.25) is 5.01 Å². The lowest BCUT2D eigenvalue weighted by Gasteiger charge is -2.33. The van der Waals surface area contributed by atoms with E-state index in [1.807, 2.05) is 6.07 Å². The molecule has 0 saturated heterocycles. The van der Waals surface area contributed by atoms with Gasteiger partial charge in [-0.2, -0.15) is 5.10 Å². The molecule has 2 nitrogen and oxygen atoms in total. The van der Waals surface area contributed by atoms with Crippen molar-refractivity contribution in [3.8, 4) is 0 Å². The number of alkyl halides is 1. The summed E-state index contributed by atoms with van der Waals surface area (Å²) in [5, 5.41) is 6.62. The van der Waals surface area contributed by atoms with Crippen molar-refractivity contribution in [3.05, 3.63) is 30.3 Å². The molecule has 2 aliphatic rings. The molecule has 1 aromatic carbocycles. The summed E-state index contributed by atoms with van der Waals surface area (Å²) >= 11 is 3.78. The molecule has 0 aromatic heterocycles. The SMILES string of the molecule is BrC1C(C2CCC2)C=NN1c1ccccc1. The number of hydrazone groups is 1. The van der Waals surface area contributed by atoms with Crippen LogP contribution >= 0.6 is 15.9 Å². The molecular weight excluding hydrogens is 264 g/mol. The van der Waals surface area contributed by atoms with E-state index >= 15 is 0 Å². The Morgan fingerprint density at radius 3 is 2.56 bits per heavy atom. The Morgan fingerprint density at radius 2 is 1.94 bits per heavy atom. The maximum atomic E-state index is 4.53. The number of para-hydroxylation sites is 1. The number of hydrogen-bond donors (Lipinski definition) is 0. The van der Waals surface area contributed by atoms with E-state index in [2.05, 4.69) is 56.5 Å². The Labute approximate surface area is 104 Å². The Morgan fingerprint density at radius 1 is 1.19 bits per heavy atom. The number of anilines is 1. The molecule has 2 atom stereocenters. The maximum absolute atomic E-state index is 4.53. The Bertz CT molecular complexity index is 386. The van der Waals surface area contributed by atoms with Crippen LogP contribution in [0.1, 0.15) is 19.3 Å². The van der Waals surface area contributed by atoms with Gasteiger partial charge in [-0.25, -0.2) is 0 Å². The van der Waals surface area contributed by atoms with Crippen LogP contribution in [0.3, 0.4) is 0 Å². The zero-order valence-electron chi connectivity index (χ0n) is 9.09. The highest BCUT2D eigenvalue weighted by atomic mass is 79.9. The third-order valence-corrected chi connectivity index (χ3v) is 4.63. The Hall–Kier alpha value is -0.830. The third kappa shape index (κ3) is 1.67. The zero-order valence-corrected chi connectivity index (χ0v) is 10.7. The van der Waals surface area contributed by atoms with E-state index < -0.39 is 0 Å². The van der Waals surface area contributed by atoms with Gasteiger partial charge in [0.1, 0.15) is 4.95 Å². The fraction of sp³-hybridized carbons (Fsp3) is 0.462. The third-order valence-electron chi connectivity index (χ3n) is 3.63. The van der Waals surface area contributed by atoms with Crippen LogP contribution in [0.25, 0.3) is 0 Å². The number of nitrogens with zero attached hydrogens (tertiary/aromatic N) is 2. The van der Waals surface area contributed by atoms with E-state index in [0.29, 0.717) is 10.9 Å². The lowest BCUT2D eigenvalue weighted by atomic mass is 9.76. The van der Waals surface area contributed by atoms with Crippen molar-refractivity contribution >= 4 is 27.8 Å². The van der Waals surface area contributed by atoms with Crippen LogP contribution in [-0.4, -0.2) is 11.2 Å². The van der Waals surface area contributed by atoms with Crippen molar-refractivity contribution < 1.29 is 0 Å². The van der Waals surface area contributed by atoms with E-state index in [1.54, 1.807) is 0 Å². The molecule has 1 aliphatic heterocycles. The van der Waals surface area contributed by atoms with Gasteiger partial charge in [0.15, 0.2) is 0 Å². The molecule has 0 bridgehead atoms. The second-order valence-corrected chi connectivity index (χ2v) is 5.52. The highest BCUT2D eigenvalue weighted by Gasteiger charge is 2.37. The first-order chi connectivity index (χ1) is 7.86. The lowest BCUT2D eigenvalue weighted by molar-refractivity contribution is 0.260. The summed E-state index contributed by atoms with van der Waals surface area (Å²) in [5.74, 6) is 1.41. The Balaban J connectivity index is 1.77. The van der Waals surface area contributed by atoms with Gasteiger partial charge in [-0.15, -0.1) is 0 Å². The predicted molar refractivity (Wildman–Crippen MR) is 71.0 cm³/mol. The zero-order chi connectivity index (χ0) is 11.0. The monoisotopic (exact) mass is 278 g/mol. The van der Waals surface area contributed by atoms with Crippen LogP contribution in [-0.2, 0) is 0 Å². The van der Waals surface area contributed by atoms with Crippen LogP contribution in [0.2, 0.25) is 0 Å². The van der Waals surface area contributed by atoms with Gasteiger partial charge < -0.3 is 0 Å². The van der Waals surface area contributed by atoms with Crippen molar-refractivity contribution in [1.29, 1.82) is 0 Å². The molecular formula is C13H15BrN2. The normalized spacial score (nSPS) is 29.4. The minimum Gasteiger partial charge on any atom is -0.251 e. The summed E-state index contributed by atoms with van der Waals surface area (Å²) in [6, 6.07) is 10.4. The molecule has 0 spiro atoms. The average Bonchev–Trinajstić information content (AvgIpc) is 2.60. The van der Waals surface area contributed by atoms with E-state index in [4.69, 9.17) is 0 Å². The highest BCUT2D eigenvalue weighted by Crippen LogP contribution is 2.41. The second-order valence-electron chi connectivity index (χ2n) is 4.59. The molecule has 1 saturated carbocycles. The first-order valence-corrected chi connectivity index (χ1v) is 6.80. The van der Waals surface area contributed by atoms with Crippen molar-refractivity contribution in [2.45, 2.75) is 24.2 Å². The largest absolute Gasteiger partial charge is 0.251 e. The molecule has 1 fully saturated rings. The maximum Gasteiger partial charge on any atom is 0.115 e. The molecule has 2 unspecified atom stereocenters. The van der Waals surface area contributed by atoms with Crippen molar-refractivity contribution in [2.75, 3.05) is 5.01 Å². The first kappa shape index (κ1) is 10.3. The summed E-state index contributed by atoms with van der Waals surface area (Å²) in [6.07, 6.45) is 6.24. The number of hydrogen-bond acceptors (Lipinski definition) is 2. The van der Waals surface area contributed by atoms with Crippen LogP contribution in [0.5, 0.6) is 0 Å². The topological polar surface area (TPSA) is 15.6 Å². The molecule has 3 heteroatoms. The van der Waals surface area contributed by atoms with Crippen LogP contribution < -0.4 is 5.01 Å². The van der Waals surface area contributed by atoms with Gasteiger partial charge in [0, 0.05) is 12.1 Å².